The van der Waals surface area contributed by atoms with Crippen molar-refractivity contribution in [2.45, 2.75) is 46.4 Å². The Balaban J connectivity index is 1.69. The van der Waals surface area contributed by atoms with Crippen molar-refractivity contribution in [1.29, 1.82) is 0 Å². The van der Waals surface area contributed by atoms with E-state index in [0.29, 0.717) is 19.8 Å². The lowest BCUT2D eigenvalue weighted by molar-refractivity contribution is -0.139. The van der Waals surface area contributed by atoms with E-state index in [2.05, 4.69) is 36.5 Å². The first-order valence-electron chi connectivity index (χ1n) is 11.0. The molecule has 166 valence electrons. The van der Waals surface area contributed by atoms with Gasteiger partial charge in [-0.1, -0.05) is 29.8 Å². The van der Waals surface area contributed by atoms with Crippen molar-refractivity contribution in [2.24, 2.45) is 0 Å². The Kier molecular flexibility index (Phi) is 8.76. The smallest absolute Gasteiger partial charge is 0.157 e. The van der Waals surface area contributed by atoms with Crippen LogP contribution < -0.4 is 5.32 Å². The standard InChI is InChI=1S/C25H32FN3O2/c1-4-30-24(31-5-2)7-6-16-27-17-21-18-29(23-14-12-22(26)13-15-23)28-25(21)20-10-8-19(3)9-11-20/h8-15,18,24,27H,4-7,16-17H2,1-3H3. The van der Waals surface area contributed by atoms with Crippen LogP contribution in [-0.2, 0) is 16.0 Å². The van der Waals surface area contributed by atoms with Gasteiger partial charge in [0.05, 0.1) is 11.4 Å². The van der Waals surface area contributed by atoms with E-state index in [1.54, 1.807) is 12.1 Å². The van der Waals surface area contributed by atoms with Gasteiger partial charge in [-0.25, -0.2) is 9.07 Å². The maximum Gasteiger partial charge on any atom is 0.157 e. The molecule has 3 aromatic rings. The molecule has 0 unspecified atom stereocenters. The molecule has 31 heavy (non-hydrogen) atoms. The summed E-state index contributed by atoms with van der Waals surface area (Å²) in [5.74, 6) is -0.256. The maximum atomic E-state index is 13.3. The van der Waals surface area contributed by atoms with Crippen LogP contribution in [0, 0.1) is 12.7 Å². The third kappa shape index (κ3) is 6.72. The summed E-state index contributed by atoms with van der Waals surface area (Å²) in [6.07, 6.45) is 3.69. The van der Waals surface area contributed by atoms with Crippen LogP contribution in [0.15, 0.2) is 54.7 Å². The molecular formula is C25H32FN3O2. The lowest BCUT2D eigenvalue weighted by Crippen LogP contribution is -2.21. The summed E-state index contributed by atoms with van der Waals surface area (Å²) in [6.45, 7) is 8.89. The Labute approximate surface area is 184 Å². The molecule has 0 radical (unpaired) electrons. The monoisotopic (exact) mass is 425 g/mol. The van der Waals surface area contributed by atoms with E-state index in [1.807, 2.05) is 24.7 Å². The largest absolute Gasteiger partial charge is 0.353 e. The van der Waals surface area contributed by atoms with E-state index < -0.39 is 0 Å². The molecule has 0 spiro atoms. The summed E-state index contributed by atoms with van der Waals surface area (Å²) in [7, 11) is 0. The summed E-state index contributed by atoms with van der Waals surface area (Å²) >= 11 is 0. The van der Waals surface area contributed by atoms with E-state index in [4.69, 9.17) is 14.6 Å². The Morgan fingerprint density at radius 3 is 2.32 bits per heavy atom. The summed E-state index contributed by atoms with van der Waals surface area (Å²) in [4.78, 5) is 0. The molecule has 1 heterocycles. The average molecular weight is 426 g/mol. The van der Waals surface area contributed by atoms with Crippen LogP contribution in [-0.4, -0.2) is 35.8 Å². The summed E-state index contributed by atoms with van der Waals surface area (Å²) < 4.78 is 26.3. The van der Waals surface area contributed by atoms with Crippen LogP contribution >= 0.6 is 0 Å². The highest BCUT2D eigenvalue weighted by Crippen LogP contribution is 2.24. The van der Waals surface area contributed by atoms with Gasteiger partial charge in [0.25, 0.3) is 0 Å². The zero-order valence-corrected chi connectivity index (χ0v) is 18.6. The number of hydrogen-bond acceptors (Lipinski definition) is 4. The SMILES string of the molecule is CCOC(CCCNCc1cn(-c2ccc(F)cc2)nc1-c1ccc(C)cc1)OCC. The number of halogens is 1. The molecule has 0 amide bonds. The van der Waals surface area contributed by atoms with Gasteiger partial charge in [0.1, 0.15) is 5.82 Å². The number of nitrogens with zero attached hydrogens (tertiary/aromatic N) is 2. The normalized spacial score (nSPS) is 11.4. The minimum atomic E-state index is -0.256. The van der Waals surface area contributed by atoms with Crippen molar-refractivity contribution in [2.75, 3.05) is 19.8 Å². The summed E-state index contributed by atoms with van der Waals surface area (Å²) in [5, 5.41) is 8.31. The zero-order chi connectivity index (χ0) is 22.1. The van der Waals surface area contributed by atoms with Gasteiger partial charge in [0, 0.05) is 37.1 Å². The van der Waals surface area contributed by atoms with Gasteiger partial charge >= 0.3 is 0 Å². The van der Waals surface area contributed by atoms with Crippen LogP contribution in [0.25, 0.3) is 16.9 Å². The summed E-state index contributed by atoms with van der Waals surface area (Å²) in [6, 6.07) is 14.7. The molecular weight excluding hydrogens is 393 g/mol. The molecule has 0 saturated carbocycles. The number of hydrogen-bond donors (Lipinski definition) is 1. The number of benzene rings is 2. The van der Waals surface area contributed by atoms with Gasteiger partial charge in [0.2, 0.25) is 0 Å². The van der Waals surface area contributed by atoms with Gasteiger partial charge in [-0.15, -0.1) is 0 Å². The number of aryl methyl sites for hydroxylation is 1. The van der Waals surface area contributed by atoms with Crippen LogP contribution in [0.3, 0.4) is 0 Å². The Bertz CT molecular complexity index is 917. The predicted octanol–water partition coefficient (Wildman–Crippen LogP) is 5.26. The fourth-order valence-electron chi connectivity index (χ4n) is 3.42. The fraction of sp³-hybridized carbons (Fsp3) is 0.400. The minimum absolute atomic E-state index is 0.138. The minimum Gasteiger partial charge on any atom is -0.353 e. The van der Waals surface area contributed by atoms with Gasteiger partial charge in [-0.3, -0.25) is 0 Å². The molecule has 2 aromatic carbocycles. The van der Waals surface area contributed by atoms with Gasteiger partial charge < -0.3 is 14.8 Å². The highest BCUT2D eigenvalue weighted by molar-refractivity contribution is 5.63. The Morgan fingerprint density at radius 1 is 1.00 bits per heavy atom. The molecule has 0 bridgehead atoms. The second kappa shape index (κ2) is 11.7. The molecule has 0 aliphatic carbocycles. The molecule has 0 aliphatic rings. The van der Waals surface area contributed by atoms with Crippen molar-refractivity contribution < 1.29 is 13.9 Å². The van der Waals surface area contributed by atoms with Crippen molar-refractivity contribution in [1.82, 2.24) is 15.1 Å². The van der Waals surface area contributed by atoms with E-state index in [-0.39, 0.29) is 12.1 Å². The van der Waals surface area contributed by atoms with Crippen molar-refractivity contribution in [3.8, 4) is 16.9 Å². The third-order valence-electron chi connectivity index (χ3n) is 5.02. The molecule has 1 N–H and O–H groups in total. The van der Waals surface area contributed by atoms with Gasteiger partial charge in [0.15, 0.2) is 6.29 Å². The lowest BCUT2D eigenvalue weighted by Gasteiger charge is -2.16. The van der Waals surface area contributed by atoms with Crippen molar-refractivity contribution >= 4 is 0 Å². The van der Waals surface area contributed by atoms with Crippen LogP contribution in [0.5, 0.6) is 0 Å². The van der Waals surface area contributed by atoms with Crippen molar-refractivity contribution in [3.05, 3.63) is 71.7 Å². The van der Waals surface area contributed by atoms with E-state index >= 15 is 0 Å². The van der Waals surface area contributed by atoms with E-state index in [9.17, 15) is 4.39 Å². The Morgan fingerprint density at radius 2 is 1.68 bits per heavy atom. The van der Waals surface area contributed by atoms with Crippen LogP contribution in [0.2, 0.25) is 0 Å². The number of nitrogens with one attached hydrogen (secondary N) is 1. The summed E-state index contributed by atoms with van der Waals surface area (Å²) in [5.41, 5.74) is 5.13. The molecule has 3 rings (SSSR count). The number of aromatic nitrogens is 2. The first-order valence-corrected chi connectivity index (χ1v) is 11.0. The molecule has 0 atom stereocenters. The Hall–Kier alpha value is -2.54. The molecule has 5 nitrogen and oxygen atoms in total. The maximum absolute atomic E-state index is 13.3. The topological polar surface area (TPSA) is 48.3 Å². The number of rotatable bonds is 12. The van der Waals surface area contributed by atoms with Crippen LogP contribution in [0.1, 0.15) is 37.8 Å². The van der Waals surface area contributed by atoms with E-state index in [1.165, 1.54) is 17.7 Å². The average Bonchev–Trinajstić information content (AvgIpc) is 3.19. The first kappa shape index (κ1) is 23.1. The third-order valence-corrected chi connectivity index (χ3v) is 5.02. The van der Waals surface area contributed by atoms with Crippen molar-refractivity contribution in [3.63, 3.8) is 0 Å². The fourth-order valence-corrected chi connectivity index (χ4v) is 3.42. The second-order valence-corrected chi connectivity index (χ2v) is 7.45. The highest BCUT2D eigenvalue weighted by atomic mass is 19.1. The quantitative estimate of drug-likeness (QED) is 0.318. The molecule has 6 heteroatoms. The number of ether oxygens (including phenoxy) is 2. The predicted molar refractivity (Wildman–Crippen MR) is 122 cm³/mol. The molecule has 0 saturated heterocycles. The van der Waals surface area contributed by atoms with Gasteiger partial charge in [-0.2, -0.15) is 5.10 Å². The van der Waals surface area contributed by atoms with Crippen LogP contribution in [0.4, 0.5) is 4.39 Å². The molecule has 0 aliphatic heterocycles. The van der Waals surface area contributed by atoms with Gasteiger partial charge in [-0.05, 0) is 64.4 Å². The van der Waals surface area contributed by atoms with E-state index in [0.717, 1.165) is 41.9 Å². The molecule has 0 fully saturated rings. The highest BCUT2D eigenvalue weighted by Gasteiger charge is 2.13. The zero-order valence-electron chi connectivity index (χ0n) is 18.6. The molecule has 1 aromatic heterocycles. The second-order valence-electron chi connectivity index (χ2n) is 7.45. The first-order chi connectivity index (χ1) is 15.1. The lowest BCUT2D eigenvalue weighted by atomic mass is 10.1.